The number of methoxy groups -OCH3 is 1. The number of pyridine rings is 1. The zero-order valence-corrected chi connectivity index (χ0v) is 9.65. The van der Waals surface area contributed by atoms with E-state index in [2.05, 4.69) is 20.9 Å². The molecule has 0 aliphatic rings. The summed E-state index contributed by atoms with van der Waals surface area (Å²) in [5.74, 6) is 0.376. The Morgan fingerprint density at radius 2 is 2.15 bits per heavy atom. The standard InChI is InChI=1S/C6H5BrClNO3S/c1-12-4-2-5(7)9-6(3-4)13(8,10)11/h2-3H,1H3. The van der Waals surface area contributed by atoms with Gasteiger partial charge in [-0.25, -0.2) is 13.4 Å². The first-order valence-electron chi connectivity index (χ1n) is 3.10. The van der Waals surface area contributed by atoms with Gasteiger partial charge in [-0.1, -0.05) is 0 Å². The SMILES string of the molecule is COc1cc(Br)nc(S(=O)(=O)Cl)c1. The maximum absolute atomic E-state index is 10.9. The van der Waals surface area contributed by atoms with Crippen LogP contribution >= 0.6 is 26.6 Å². The zero-order valence-electron chi connectivity index (χ0n) is 6.49. The van der Waals surface area contributed by atoms with Crippen molar-refractivity contribution in [2.45, 2.75) is 5.03 Å². The fourth-order valence-corrected chi connectivity index (χ4v) is 1.93. The van der Waals surface area contributed by atoms with Crippen molar-refractivity contribution in [2.75, 3.05) is 7.11 Å². The maximum Gasteiger partial charge on any atom is 0.278 e. The highest BCUT2D eigenvalue weighted by Gasteiger charge is 2.13. The van der Waals surface area contributed by atoms with Gasteiger partial charge in [0.15, 0.2) is 5.03 Å². The summed E-state index contributed by atoms with van der Waals surface area (Å²) in [7, 11) is 2.71. The van der Waals surface area contributed by atoms with Crippen molar-refractivity contribution >= 4 is 35.7 Å². The lowest BCUT2D eigenvalue weighted by atomic mass is 10.5. The van der Waals surface area contributed by atoms with Crippen LogP contribution in [-0.4, -0.2) is 20.5 Å². The van der Waals surface area contributed by atoms with Gasteiger partial charge in [0.2, 0.25) is 0 Å². The minimum absolute atomic E-state index is 0.236. The van der Waals surface area contributed by atoms with Crippen LogP contribution in [0.15, 0.2) is 21.8 Å². The summed E-state index contributed by atoms with van der Waals surface area (Å²) in [6.07, 6.45) is 0. The Morgan fingerprint density at radius 3 is 2.62 bits per heavy atom. The Kier molecular flexibility index (Phi) is 3.15. The highest BCUT2D eigenvalue weighted by molar-refractivity contribution is 9.10. The van der Waals surface area contributed by atoms with Crippen molar-refractivity contribution in [3.63, 3.8) is 0 Å². The number of ether oxygens (including phenoxy) is 1. The van der Waals surface area contributed by atoms with Crippen LogP contribution in [0.5, 0.6) is 5.75 Å². The predicted octanol–water partition coefficient (Wildman–Crippen LogP) is 1.78. The van der Waals surface area contributed by atoms with E-state index in [0.29, 0.717) is 10.4 Å². The van der Waals surface area contributed by atoms with Crippen molar-refractivity contribution in [3.8, 4) is 5.75 Å². The molecule has 0 aliphatic carbocycles. The van der Waals surface area contributed by atoms with Gasteiger partial charge in [-0.05, 0) is 15.9 Å². The van der Waals surface area contributed by atoms with Gasteiger partial charge in [0.1, 0.15) is 10.4 Å². The maximum atomic E-state index is 10.9. The van der Waals surface area contributed by atoms with Gasteiger partial charge in [0.05, 0.1) is 7.11 Å². The molecule has 0 aliphatic heterocycles. The first-order valence-corrected chi connectivity index (χ1v) is 6.20. The fourth-order valence-electron chi connectivity index (χ4n) is 0.693. The summed E-state index contributed by atoms with van der Waals surface area (Å²) in [6.45, 7) is 0. The lowest BCUT2D eigenvalue weighted by Crippen LogP contribution is -1.96. The summed E-state index contributed by atoms with van der Waals surface area (Å²) in [4.78, 5) is 3.67. The van der Waals surface area contributed by atoms with Crippen LogP contribution in [0, 0.1) is 0 Å². The van der Waals surface area contributed by atoms with E-state index in [1.54, 1.807) is 0 Å². The van der Waals surface area contributed by atoms with Crippen LogP contribution in [0.4, 0.5) is 0 Å². The van der Waals surface area contributed by atoms with Gasteiger partial charge in [-0.2, -0.15) is 0 Å². The molecular formula is C6H5BrClNO3S. The number of hydrogen-bond acceptors (Lipinski definition) is 4. The predicted molar refractivity (Wildman–Crippen MR) is 51.5 cm³/mol. The number of nitrogens with zero attached hydrogens (tertiary/aromatic N) is 1. The molecule has 0 unspecified atom stereocenters. The van der Waals surface area contributed by atoms with Gasteiger partial charge < -0.3 is 4.74 Å². The Hall–Kier alpha value is -0.330. The van der Waals surface area contributed by atoms with Gasteiger partial charge in [0, 0.05) is 22.8 Å². The van der Waals surface area contributed by atoms with Crippen LogP contribution in [0.2, 0.25) is 0 Å². The first-order chi connectivity index (χ1) is 5.93. The third-order valence-electron chi connectivity index (χ3n) is 1.23. The summed E-state index contributed by atoms with van der Waals surface area (Å²) < 4.78 is 27.0. The monoisotopic (exact) mass is 285 g/mol. The van der Waals surface area contributed by atoms with E-state index in [-0.39, 0.29) is 5.03 Å². The van der Waals surface area contributed by atoms with E-state index < -0.39 is 9.05 Å². The zero-order chi connectivity index (χ0) is 10.1. The molecule has 13 heavy (non-hydrogen) atoms. The Bertz CT molecular complexity index is 420. The van der Waals surface area contributed by atoms with E-state index in [1.165, 1.54) is 19.2 Å². The Morgan fingerprint density at radius 1 is 1.54 bits per heavy atom. The van der Waals surface area contributed by atoms with E-state index in [4.69, 9.17) is 15.4 Å². The van der Waals surface area contributed by atoms with Gasteiger partial charge >= 0.3 is 0 Å². The number of aromatic nitrogens is 1. The molecule has 0 amide bonds. The molecule has 4 nitrogen and oxygen atoms in total. The van der Waals surface area contributed by atoms with Crippen molar-refractivity contribution in [2.24, 2.45) is 0 Å². The number of hydrogen-bond donors (Lipinski definition) is 0. The molecule has 7 heteroatoms. The smallest absolute Gasteiger partial charge is 0.278 e. The molecule has 1 heterocycles. The molecule has 1 rings (SSSR count). The molecule has 0 saturated heterocycles. The van der Waals surface area contributed by atoms with Crippen molar-refractivity contribution in [1.29, 1.82) is 0 Å². The van der Waals surface area contributed by atoms with Gasteiger partial charge in [0.25, 0.3) is 9.05 Å². The van der Waals surface area contributed by atoms with E-state index >= 15 is 0 Å². The normalized spacial score (nSPS) is 11.3. The molecule has 1 aromatic rings. The summed E-state index contributed by atoms with van der Waals surface area (Å²) in [6, 6.07) is 2.78. The molecule has 0 atom stereocenters. The second-order valence-corrected chi connectivity index (χ2v) is 5.43. The molecule has 0 saturated carbocycles. The topological polar surface area (TPSA) is 56.3 Å². The molecule has 1 aromatic heterocycles. The number of halogens is 2. The fraction of sp³-hybridized carbons (Fsp3) is 0.167. The largest absolute Gasteiger partial charge is 0.497 e. The van der Waals surface area contributed by atoms with Crippen molar-refractivity contribution in [3.05, 3.63) is 16.7 Å². The van der Waals surface area contributed by atoms with E-state index in [9.17, 15) is 8.42 Å². The van der Waals surface area contributed by atoms with Gasteiger partial charge in [-0.15, -0.1) is 0 Å². The van der Waals surface area contributed by atoms with Crippen LogP contribution < -0.4 is 4.74 Å². The summed E-state index contributed by atoms with van der Waals surface area (Å²) >= 11 is 3.03. The molecular weight excluding hydrogens is 281 g/mol. The summed E-state index contributed by atoms with van der Waals surface area (Å²) in [5.41, 5.74) is 0. The number of rotatable bonds is 2. The van der Waals surface area contributed by atoms with Crippen LogP contribution in [0.25, 0.3) is 0 Å². The quantitative estimate of drug-likeness (QED) is 0.614. The lowest BCUT2D eigenvalue weighted by Gasteiger charge is -2.01. The van der Waals surface area contributed by atoms with Crippen LogP contribution in [0.1, 0.15) is 0 Å². The third kappa shape index (κ3) is 2.82. The van der Waals surface area contributed by atoms with E-state index in [1.807, 2.05) is 0 Å². The van der Waals surface area contributed by atoms with Crippen molar-refractivity contribution < 1.29 is 13.2 Å². The molecule has 0 N–H and O–H groups in total. The molecule has 72 valence electrons. The average molecular weight is 287 g/mol. The lowest BCUT2D eigenvalue weighted by molar-refractivity contribution is 0.412. The van der Waals surface area contributed by atoms with Crippen LogP contribution in [-0.2, 0) is 9.05 Å². The second-order valence-electron chi connectivity index (χ2n) is 2.11. The molecule has 0 bridgehead atoms. The third-order valence-corrected chi connectivity index (χ3v) is 2.82. The Labute approximate surface area is 88.4 Å². The molecule has 0 spiro atoms. The van der Waals surface area contributed by atoms with Gasteiger partial charge in [-0.3, -0.25) is 0 Å². The first kappa shape index (κ1) is 10.7. The second kappa shape index (κ2) is 3.81. The van der Waals surface area contributed by atoms with Crippen LogP contribution in [0.3, 0.4) is 0 Å². The Balaban J connectivity index is 3.33. The average Bonchev–Trinajstić information content (AvgIpc) is 2.01. The minimum atomic E-state index is -3.81. The molecule has 0 aromatic carbocycles. The molecule has 0 fully saturated rings. The minimum Gasteiger partial charge on any atom is -0.497 e. The van der Waals surface area contributed by atoms with Crippen molar-refractivity contribution in [1.82, 2.24) is 4.98 Å². The molecule has 0 radical (unpaired) electrons. The summed E-state index contributed by atoms with van der Waals surface area (Å²) in [5, 5.41) is -0.236. The highest BCUT2D eigenvalue weighted by atomic mass is 79.9. The highest BCUT2D eigenvalue weighted by Crippen LogP contribution is 2.22. The van der Waals surface area contributed by atoms with E-state index in [0.717, 1.165) is 0 Å².